The van der Waals surface area contributed by atoms with E-state index in [0.29, 0.717) is 5.92 Å². The summed E-state index contributed by atoms with van der Waals surface area (Å²) in [6.45, 7) is 4.69. The van der Waals surface area contributed by atoms with Gasteiger partial charge in [0.1, 0.15) is 0 Å². The maximum atomic E-state index is 7.77. The van der Waals surface area contributed by atoms with E-state index >= 15 is 0 Å². The van der Waals surface area contributed by atoms with E-state index in [4.69, 9.17) is 11.6 Å². The molecule has 2 nitrogen and oxygen atoms in total. The standard InChI is InChI=1S/C51H45ClN2/c1-51(2)46-26-16-15-25-44(46)45-32-29-38(33-47(45)51)37-27-30-43(31-28-37)54(42-23-13-6-14-24-42)49-35-39(36-17-7-3-8-18-36)34-48(50(49)52)53(40-19-9-4-10-20-40)41-21-11-5-12-22-41/h4-6,9-16,19-36H,3,7-8,17-18H2,1-2H3. The van der Waals surface area contributed by atoms with Crippen molar-refractivity contribution in [3.05, 3.63) is 192 Å². The van der Waals surface area contributed by atoms with Crippen molar-refractivity contribution in [1.82, 2.24) is 0 Å². The molecule has 0 bridgehead atoms. The number of hydrogen-bond donors (Lipinski definition) is 0. The van der Waals surface area contributed by atoms with Crippen LogP contribution in [-0.4, -0.2) is 0 Å². The molecule has 0 saturated heterocycles. The SMILES string of the molecule is CC1(C)c2ccccc2-c2ccc(-c3ccc(N(c4ccccc4)c4cc(C5CCCCC5)cc(N(c5ccccc5)c5ccccc5)c4Cl)cc3)cc21. The first-order valence-electron chi connectivity index (χ1n) is 19.4. The van der Waals surface area contributed by atoms with Crippen molar-refractivity contribution in [3.8, 4) is 22.3 Å². The van der Waals surface area contributed by atoms with Gasteiger partial charge >= 0.3 is 0 Å². The smallest absolute Gasteiger partial charge is 0.0887 e. The molecule has 3 heteroatoms. The van der Waals surface area contributed by atoms with Crippen LogP contribution in [0.3, 0.4) is 0 Å². The minimum atomic E-state index is -0.0445. The lowest BCUT2D eigenvalue weighted by molar-refractivity contribution is 0.444. The molecular weight excluding hydrogens is 676 g/mol. The lowest BCUT2D eigenvalue weighted by Gasteiger charge is -2.33. The Bertz CT molecular complexity index is 2360. The van der Waals surface area contributed by atoms with E-state index in [1.165, 1.54) is 71.0 Å². The van der Waals surface area contributed by atoms with Gasteiger partial charge in [0.15, 0.2) is 0 Å². The number of nitrogens with zero attached hydrogens (tertiary/aromatic N) is 2. The second-order valence-electron chi connectivity index (χ2n) is 15.4. The number of benzene rings is 7. The van der Waals surface area contributed by atoms with Gasteiger partial charge in [-0.05, 0) is 124 Å². The predicted octanol–water partition coefficient (Wildman–Crippen LogP) is 15.3. The van der Waals surface area contributed by atoms with E-state index in [9.17, 15) is 0 Å². The lowest BCUT2D eigenvalue weighted by Crippen LogP contribution is -2.16. The molecule has 0 unspecified atom stereocenters. The average molecular weight is 721 g/mol. The molecule has 9 rings (SSSR count). The monoisotopic (exact) mass is 720 g/mol. The van der Waals surface area contributed by atoms with Gasteiger partial charge in [-0.3, -0.25) is 0 Å². The van der Waals surface area contributed by atoms with Crippen LogP contribution in [0.2, 0.25) is 5.02 Å². The topological polar surface area (TPSA) is 6.48 Å². The first kappa shape index (κ1) is 34.2. The molecule has 0 atom stereocenters. The van der Waals surface area contributed by atoms with Gasteiger partial charge in [-0.15, -0.1) is 0 Å². The number of para-hydroxylation sites is 3. The fourth-order valence-electron chi connectivity index (χ4n) is 8.88. The molecule has 7 aromatic carbocycles. The van der Waals surface area contributed by atoms with Crippen LogP contribution in [0.25, 0.3) is 22.3 Å². The molecule has 0 radical (unpaired) electrons. The van der Waals surface area contributed by atoms with E-state index in [0.717, 1.165) is 39.1 Å². The summed E-state index contributed by atoms with van der Waals surface area (Å²) < 4.78 is 0. The number of anilines is 6. The Balaban J connectivity index is 1.18. The molecule has 1 fully saturated rings. The Hall–Kier alpha value is -5.57. The largest absolute Gasteiger partial charge is 0.309 e. The van der Waals surface area contributed by atoms with Crippen molar-refractivity contribution in [1.29, 1.82) is 0 Å². The zero-order valence-electron chi connectivity index (χ0n) is 31.1. The van der Waals surface area contributed by atoms with Gasteiger partial charge < -0.3 is 9.80 Å². The minimum Gasteiger partial charge on any atom is -0.309 e. The lowest BCUT2D eigenvalue weighted by atomic mass is 9.81. The van der Waals surface area contributed by atoms with Crippen LogP contribution in [0.1, 0.15) is 68.6 Å². The van der Waals surface area contributed by atoms with Crippen LogP contribution in [0.4, 0.5) is 34.1 Å². The molecule has 0 amide bonds. The highest BCUT2D eigenvalue weighted by Crippen LogP contribution is 2.51. The number of rotatable bonds is 8. The maximum absolute atomic E-state index is 7.77. The Labute approximate surface area is 325 Å². The van der Waals surface area contributed by atoms with Crippen LogP contribution in [0.15, 0.2) is 170 Å². The van der Waals surface area contributed by atoms with Crippen molar-refractivity contribution >= 4 is 45.7 Å². The second-order valence-corrected chi connectivity index (χ2v) is 15.7. The molecule has 0 spiro atoms. The minimum absolute atomic E-state index is 0.0445. The summed E-state index contributed by atoms with van der Waals surface area (Å²) >= 11 is 7.77. The molecule has 266 valence electrons. The third-order valence-corrected chi connectivity index (χ3v) is 12.1. The molecule has 0 heterocycles. The second kappa shape index (κ2) is 14.3. The highest BCUT2D eigenvalue weighted by molar-refractivity contribution is 6.36. The van der Waals surface area contributed by atoms with Gasteiger partial charge in [0.25, 0.3) is 0 Å². The summed E-state index contributed by atoms with van der Waals surface area (Å²) in [5.41, 5.74) is 15.5. The Kier molecular flexibility index (Phi) is 9.09. The molecule has 54 heavy (non-hydrogen) atoms. The van der Waals surface area contributed by atoms with Gasteiger partial charge in [-0.1, -0.05) is 148 Å². The summed E-state index contributed by atoms with van der Waals surface area (Å²) in [6, 6.07) is 61.5. The van der Waals surface area contributed by atoms with Crippen LogP contribution < -0.4 is 9.80 Å². The van der Waals surface area contributed by atoms with Gasteiger partial charge in [-0.2, -0.15) is 0 Å². The van der Waals surface area contributed by atoms with Crippen LogP contribution >= 0.6 is 11.6 Å². The number of halogens is 1. The quantitative estimate of drug-likeness (QED) is 0.154. The Morgan fingerprint density at radius 2 is 0.926 bits per heavy atom. The van der Waals surface area contributed by atoms with Gasteiger partial charge in [0.05, 0.1) is 16.4 Å². The predicted molar refractivity (Wildman–Crippen MR) is 230 cm³/mol. The molecule has 7 aromatic rings. The molecular formula is C51H45ClN2. The molecule has 2 aliphatic rings. The van der Waals surface area contributed by atoms with E-state index in [1.807, 2.05) is 0 Å². The number of fused-ring (bicyclic) bond motifs is 3. The molecule has 2 aliphatic carbocycles. The van der Waals surface area contributed by atoms with E-state index in [1.54, 1.807) is 0 Å². The van der Waals surface area contributed by atoms with Gasteiger partial charge in [-0.25, -0.2) is 0 Å². The van der Waals surface area contributed by atoms with Crippen LogP contribution in [0.5, 0.6) is 0 Å². The molecule has 0 aliphatic heterocycles. The molecule has 0 N–H and O–H groups in total. The molecule has 0 aromatic heterocycles. The number of hydrogen-bond acceptors (Lipinski definition) is 2. The highest BCUT2D eigenvalue weighted by Gasteiger charge is 2.35. The summed E-state index contributed by atoms with van der Waals surface area (Å²) in [4.78, 5) is 4.66. The summed E-state index contributed by atoms with van der Waals surface area (Å²) in [5.74, 6) is 0.483. The van der Waals surface area contributed by atoms with Crippen LogP contribution in [0, 0.1) is 0 Å². The fourth-order valence-corrected chi connectivity index (χ4v) is 9.16. The van der Waals surface area contributed by atoms with Gasteiger partial charge in [0.2, 0.25) is 0 Å². The average Bonchev–Trinajstić information content (AvgIpc) is 3.46. The summed E-state index contributed by atoms with van der Waals surface area (Å²) in [6.07, 6.45) is 6.21. The van der Waals surface area contributed by atoms with E-state index < -0.39 is 0 Å². The normalized spacial score (nSPS) is 14.6. The van der Waals surface area contributed by atoms with Crippen molar-refractivity contribution in [2.75, 3.05) is 9.80 Å². The summed E-state index contributed by atoms with van der Waals surface area (Å²) in [5, 5.41) is 0.718. The maximum Gasteiger partial charge on any atom is 0.0887 e. The van der Waals surface area contributed by atoms with Crippen molar-refractivity contribution in [3.63, 3.8) is 0 Å². The first-order valence-corrected chi connectivity index (χ1v) is 19.8. The first-order chi connectivity index (χ1) is 26.5. The van der Waals surface area contributed by atoms with E-state index in [2.05, 4.69) is 194 Å². The third kappa shape index (κ3) is 6.19. The fraction of sp³-hybridized carbons (Fsp3) is 0.176. The Morgan fingerprint density at radius 3 is 1.48 bits per heavy atom. The van der Waals surface area contributed by atoms with Crippen molar-refractivity contribution < 1.29 is 0 Å². The zero-order chi connectivity index (χ0) is 36.6. The van der Waals surface area contributed by atoms with Crippen LogP contribution in [-0.2, 0) is 5.41 Å². The van der Waals surface area contributed by atoms with Crippen molar-refractivity contribution in [2.24, 2.45) is 0 Å². The summed E-state index contributed by atoms with van der Waals surface area (Å²) in [7, 11) is 0. The molecule has 1 saturated carbocycles. The Morgan fingerprint density at radius 1 is 0.463 bits per heavy atom. The zero-order valence-corrected chi connectivity index (χ0v) is 31.8. The third-order valence-electron chi connectivity index (χ3n) is 11.7. The highest BCUT2D eigenvalue weighted by atomic mass is 35.5. The van der Waals surface area contributed by atoms with E-state index in [-0.39, 0.29) is 5.41 Å². The van der Waals surface area contributed by atoms with Gasteiger partial charge in [0, 0.05) is 28.2 Å². The van der Waals surface area contributed by atoms with Crippen molar-refractivity contribution in [2.45, 2.75) is 57.3 Å².